The number of methoxy groups -OCH3 is 1. The van der Waals surface area contributed by atoms with Crippen LogP contribution in [-0.4, -0.2) is 47.7 Å². The van der Waals surface area contributed by atoms with Gasteiger partial charge in [0.25, 0.3) is 0 Å². The van der Waals surface area contributed by atoms with Gasteiger partial charge in [-0.25, -0.2) is 4.79 Å². The van der Waals surface area contributed by atoms with Crippen LogP contribution < -0.4 is 5.73 Å². The first-order chi connectivity index (χ1) is 9.97. The molecule has 0 aliphatic carbocycles. The van der Waals surface area contributed by atoms with Gasteiger partial charge in [0.15, 0.2) is 0 Å². The van der Waals surface area contributed by atoms with Crippen LogP contribution in [0.15, 0.2) is 29.3 Å². The zero-order valence-electron chi connectivity index (χ0n) is 12.4. The van der Waals surface area contributed by atoms with Gasteiger partial charge in [-0.05, 0) is 37.5 Å². The Labute approximate surface area is 124 Å². The highest BCUT2D eigenvalue weighted by Gasteiger charge is 2.43. The van der Waals surface area contributed by atoms with Gasteiger partial charge in [-0.3, -0.25) is 0 Å². The Bertz CT molecular complexity index is 542. The van der Waals surface area contributed by atoms with Crippen molar-refractivity contribution in [3.63, 3.8) is 0 Å². The quantitative estimate of drug-likeness (QED) is 0.831. The average molecular weight is 291 g/mol. The first-order valence-corrected chi connectivity index (χ1v) is 6.90. The minimum Gasteiger partial charge on any atom is -0.508 e. The van der Waals surface area contributed by atoms with E-state index in [-0.39, 0.29) is 11.8 Å². The summed E-state index contributed by atoms with van der Waals surface area (Å²) in [6.45, 7) is 2.84. The van der Waals surface area contributed by atoms with Gasteiger partial charge in [0.1, 0.15) is 11.6 Å². The molecule has 21 heavy (non-hydrogen) atoms. The van der Waals surface area contributed by atoms with Crippen LogP contribution in [0.25, 0.3) is 0 Å². The summed E-state index contributed by atoms with van der Waals surface area (Å²) in [5, 5.41) is 9.30. The number of carbonyl (C=O) groups excluding carboxylic acids is 1. The van der Waals surface area contributed by atoms with Crippen molar-refractivity contribution in [3.05, 3.63) is 29.8 Å². The number of hydrogen-bond donors (Lipinski definition) is 2. The van der Waals surface area contributed by atoms with Crippen molar-refractivity contribution in [1.29, 1.82) is 0 Å². The molecule has 0 saturated heterocycles. The number of urea groups is 1. The lowest BCUT2D eigenvalue weighted by Gasteiger charge is -2.34. The van der Waals surface area contributed by atoms with Crippen molar-refractivity contribution < 1.29 is 14.6 Å². The van der Waals surface area contributed by atoms with Crippen LogP contribution in [0, 0.1) is 0 Å². The molecule has 3 N–H and O–H groups in total. The highest BCUT2D eigenvalue weighted by Crippen LogP contribution is 2.28. The van der Waals surface area contributed by atoms with Crippen molar-refractivity contribution in [3.8, 4) is 5.75 Å². The second-order valence-electron chi connectivity index (χ2n) is 5.36. The van der Waals surface area contributed by atoms with Crippen molar-refractivity contribution in [2.75, 3.05) is 20.3 Å². The van der Waals surface area contributed by atoms with Gasteiger partial charge in [-0.2, -0.15) is 4.99 Å². The number of rotatable bonds is 6. The van der Waals surface area contributed by atoms with E-state index in [9.17, 15) is 9.90 Å². The summed E-state index contributed by atoms with van der Waals surface area (Å²) in [6.07, 6.45) is 1.41. The van der Waals surface area contributed by atoms with Crippen LogP contribution in [0.1, 0.15) is 18.9 Å². The Morgan fingerprint density at radius 2 is 2.05 bits per heavy atom. The molecule has 1 atom stereocenters. The third-order valence-electron chi connectivity index (χ3n) is 3.95. The fraction of sp³-hybridized carbons (Fsp3) is 0.467. The van der Waals surface area contributed by atoms with Crippen LogP contribution in [-0.2, 0) is 11.2 Å². The van der Waals surface area contributed by atoms with E-state index < -0.39 is 5.54 Å². The van der Waals surface area contributed by atoms with Crippen molar-refractivity contribution in [2.45, 2.75) is 25.3 Å². The molecule has 1 aliphatic heterocycles. The summed E-state index contributed by atoms with van der Waals surface area (Å²) in [4.78, 5) is 17.5. The molecule has 6 nitrogen and oxygen atoms in total. The van der Waals surface area contributed by atoms with E-state index in [1.54, 1.807) is 24.1 Å². The molecule has 0 fully saturated rings. The molecule has 6 heteroatoms. The standard InChI is InChI=1S/C15H21N3O3/c1-15(8-7-11-3-5-12(19)6-4-11)13(16)17-14(20)18(15)9-10-21-2/h3-6,19H,7-10H2,1-2H3,(H2,16,17,20). The summed E-state index contributed by atoms with van der Waals surface area (Å²) in [5.41, 5.74) is 6.45. The lowest BCUT2D eigenvalue weighted by atomic mass is 9.91. The SMILES string of the molecule is COCCN1C(=O)N=C(N)C1(C)CCc1ccc(O)cc1. The lowest BCUT2D eigenvalue weighted by molar-refractivity contribution is 0.125. The first-order valence-electron chi connectivity index (χ1n) is 6.90. The molecule has 0 radical (unpaired) electrons. The third-order valence-corrected chi connectivity index (χ3v) is 3.95. The maximum absolute atomic E-state index is 11.9. The van der Waals surface area contributed by atoms with Gasteiger partial charge >= 0.3 is 6.03 Å². The van der Waals surface area contributed by atoms with E-state index in [2.05, 4.69) is 4.99 Å². The first kappa shape index (κ1) is 15.3. The van der Waals surface area contributed by atoms with E-state index in [1.807, 2.05) is 19.1 Å². The number of aliphatic imine (C=N–C) groups is 1. The number of nitrogens with zero attached hydrogens (tertiary/aromatic N) is 2. The molecule has 2 rings (SSSR count). The fourth-order valence-electron chi connectivity index (χ4n) is 2.47. The summed E-state index contributed by atoms with van der Waals surface area (Å²) in [6, 6.07) is 6.72. The molecule has 1 aromatic rings. The summed E-state index contributed by atoms with van der Waals surface area (Å²) in [5.74, 6) is 0.589. The minimum absolute atomic E-state index is 0.240. The molecule has 0 bridgehead atoms. The maximum Gasteiger partial charge on any atom is 0.346 e. The second-order valence-corrected chi connectivity index (χ2v) is 5.36. The van der Waals surface area contributed by atoms with E-state index >= 15 is 0 Å². The number of aryl methyl sites for hydroxylation is 1. The number of aromatic hydroxyl groups is 1. The Kier molecular flexibility index (Phi) is 4.47. The van der Waals surface area contributed by atoms with Crippen LogP contribution in [0.3, 0.4) is 0 Å². The van der Waals surface area contributed by atoms with Gasteiger partial charge in [0, 0.05) is 13.7 Å². The molecule has 1 aromatic carbocycles. The molecule has 1 unspecified atom stereocenters. The monoisotopic (exact) mass is 291 g/mol. The second kappa shape index (κ2) is 6.13. The largest absolute Gasteiger partial charge is 0.508 e. The minimum atomic E-state index is -0.590. The normalized spacial score (nSPS) is 21.7. The van der Waals surface area contributed by atoms with E-state index in [0.29, 0.717) is 25.4 Å². The molecule has 1 heterocycles. The predicted molar refractivity (Wildman–Crippen MR) is 80.4 cm³/mol. The summed E-state index contributed by atoms with van der Waals surface area (Å²) in [7, 11) is 1.60. The molecule has 0 aromatic heterocycles. The van der Waals surface area contributed by atoms with Crippen molar-refractivity contribution in [2.24, 2.45) is 10.7 Å². The smallest absolute Gasteiger partial charge is 0.346 e. The molecule has 1 aliphatic rings. The molecule has 0 saturated carbocycles. The summed E-state index contributed by atoms with van der Waals surface area (Å²) >= 11 is 0. The van der Waals surface area contributed by atoms with Crippen LogP contribution in [0.4, 0.5) is 4.79 Å². The van der Waals surface area contributed by atoms with Gasteiger partial charge < -0.3 is 20.5 Å². The van der Waals surface area contributed by atoms with Crippen LogP contribution in [0.5, 0.6) is 5.75 Å². The van der Waals surface area contributed by atoms with Gasteiger partial charge in [-0.1, -0.05) is 12.1 Å². The average Bonchev–Trinajstić information content (AvgIpc) is 2.67. The highest BCUT2D eigenvalue weighted by atomic mass is 16.5. The van der Waals surface area contributed by atoms with E-state index in [4.69, 9.17) is 10.5 Å². The molecular weight excluding hydrogens is 270 g/mol. The van der Waals surface area contributed by atoms with Gasteiger partial charge in [0.05, 0.1) is 12.1 Å². The number of phenols is 1. The number of amides is 2. The van der Waals surface area contributed by atoms with Crippen molar-refractivity contribution >= 4 is 11.9 Å². The maximum atomic E-state index is 11.9. The van der Waals surface area contributed by atoms with Crippen molar-refractivity contribution in [1.82, 2.24) is 4.90 Å². The number of benzene rings is 1. The van der Waals surface area contributed by atoms with Crippen LogP contribution in [0.2, 0.25) is 0 Å². The Morgan fingerprint density at radius 3 is 2.67 bits per heavy atom. The molecule has 2 amide bonds. The topological polar surface area (TPSA) is 88.2 Å². The number of carbonyl (C=O) groups is 1. The fourth-order valence-corrected chi connectivity index (χ4v) is 2.47. The zero-order valence-corrected chi connectivity index (χ0v) is 12.4. The zero-order chi connectivity index (χ0) is 15.5. The lowest BCUT2D eigenvalue weighted by Crippen LogP contribution is -2.53. The molecule has 114 valence electrons. The highest BCUT2D eigenvalue weighted by molar-refractivity contribution is 6.05. The van der Waals surface area contributed by atoms with E-state index in [0.717, 1.165) is 12.0 Å². The molecular formula is C15H21N3O3. The Balaban J connectivity index is 2.08. The molecule has 0 spiro atoms. The van der Waals surface area contributed by atoms with Gasteiger partial charge in [-0.15, -0.1) is 0 Å². The number of nitrogens with two attached hydrogens (primary N) is 1. The predicted octanol–water partition coefficient (Wildman–Crippen LogP) is 1.52. The number of ether oxygens (including phenoxy) is 1. The number of hydrogen-bond acceptors (Lipinski definition) is 4. The van der Waals surface area contributed by atoms with E-state index in [1.165, 1.54) is 0 Å². The van der Waals surface area contributed by atoms with Gasteiger partial charge in [0.2, 0.25) is 0 Å². The Hall–Kier alpha value is -2.08. The number of amidine groups is 1. The number of phenolic OH excluding ortho intramolecular Hbond substituents is 1. The Morgan fingerprint density at radius 1 is 1.38 bits per heavy atom. The third kappa shape index (κ3) is 3.16. The summed E-state index contributed by atoms with van der Waals surface area (Å²) < 4.78 is 5.04. The van der Waals surface area contributed by atoms with Crippen LogP contribution >= 0.6 is 0 Å².